The summed E-state index contributed by atoms with van der Waals surface area (Å²) in [5.74, 6) is 0.0330. The van der Waals surface area contributed by atoms with Gasteiger partial charge in [-0.1, -0.05) is 17.7 Å². The van der Waals surface area contributed by atoms with Crippen molar-refractivity contribution in [1.82, 2.24) is 0 Å². The molecule has 0 aliphatic rings. The molecule has 1 amide bonds. The van der Waals surface area contributed by atoms with Crippen LogP contribution in [0.4, 0.5) is 11.4 Å². The van der Waals surface area contributed by atoms with Gasteiger partial charge in [0.2, 0.25) is 0 Å². The van der Waals surface area contributed by atoms with Crippen LogP contribution in [0.2, 0.25) is 5.02 Å². The molecule has 0 spiro atoms. The van der Waals surface area contributed by atoms with Crippen LogP contribution in [0.5, 0.6) is 5.75 Å². The quantitative estimate of drug-likeness (QED) is 0.376. The number of hydrogen-bond acceptors (Lipinski definition) is 6. The minimum Gasteiger partial charge on any atom is -0.497 e. The molecule has 0 saturated carbocycles. The Kier molecular flexibility index (Phi) is 8.73. The van der Waals surface area contributed by atoms with Crippen molar-refractivity contribution >= 4 is 36.5 Å². The van der Waals surface area contributed by atoms with E-state index in [1.54, 1.807) is 69.5 Å². The summed E-state index contributed by atoms with van der Waals surface area (Å²) in [6.07, 6.45) is 1.32. The molecule has 0 bridgehead atoms. The lowest BCUT2D eigenvalue weighted by atomic mass is 10.3. The van der Waals surface area contributed by atoms with E-state index in [4.69, 9.17) is 25.4 Å². The van der Waals surface area contributed by atoms with Gasteiger partial charge in [0.15, 0.2) is 0 Å². The van der Waals surface area contributed by atoms with Gasteiger partial charge in [-0.2, -0.15) is 0 Å². The highest BCUT2D eigenvalue weighted by molar-refractivity contribution is 7.60. The minimum atomic E-state index is -3.86. The van der Waals surface area contributed by atoms with E-state index in [-0.39, 0.29) is 18.5 Å². The third-order valence-electron chi connectivity index (χ3n) is 3.67. The fourth-order valence-corrected chi connectivity index (χ4v) is 4.13. The molecule has 0 aliphatic heterocycles. The summed E-state index contributed by atoms with van der Waals surface area (Å²) in [5.41, 5.74) is 1.12. The van der Waals surface area contributed by atoms with Gasteiger partial charge >= 0.3 is 7.60 Å². The number of rotatable bonds is 10. The van der Waals surface area contributed by atoms with E-state index in [0.29, 0.717) is 22.1 Å². The zero-order valence-corrected chi connectivity index (χ0v) is 18.1. The third-order valence-corrected chi connectivity index (χ3v) is 6.03. The Hall–Kier alpha value is -2.31. The van der Waals surface area contributed by atoms with Crippen LogP contribution in [0.3, 0.4) is 0 Å². The summed E-state index contributed by atoms with van der Waals surface area (Å²) in [7, 11) is -2.31. The van der Waals surface area contributed by atoms with Gasteiger partial charge < -0.3 is 24.4 Å². The molecule has 9 heteroatoms. The normalized spacial score (nSPS) is 11.8. The van der Waals surface area contributed by atoms with Crippen LogP contribution in [-0.4, -0.2) is 26.2 Å². The van der Waals surface area contributed by atoms with Crippen molar-refractivity contribution in [2.75, 3.05) is 31.0 Å². The second-order valence-corrected chi connectivity index (χ2v) is 8.13. The van der Waals surface area contributed by atoms with E-state index in [0.717, 1.165) is 0 Å². The first-order valence-corrected chi connectivity index (χ1v) is 10.9. The number of ether oxygens (including phenoxy) is 1. The van der Waals surface area contributed by atoms with E-state index >= 15 is 0 Å². The molecule has 0 heterocycles. The number of amides is 1. The molecular weight excluding hydrogens is 415 g/mol. The monoisotopic (exact) mass is 438 g/mol. The highest BCUT2D eigenvalue weighted by atomic mass is 35.5. The Balaban J connectivity index is 2.34. The Bertz CT molecular complexity index is 892. The second kappa shape index (κ2) is 11.0. The van der Waals surface area contributed by atoms with Crippen LogP contribution in [0.15, 0.2) is 60.0 Å². The lowest BCUT2D eigenvalue weighted by Gasteiger charge is -2.20. The van der Waals surface area contributed by atoms with Gasteiger partial charge in [0.25, 0.3) is 5.91 Å². The van der Waals surface area contributed by atoms with Crippen molar-refractivity contribution in [3.63, 3.8) is 0 Å². The molecule has 0 aromatic heterocycles. The number of carbonyl (C=O) groups excluding carboxylic acids is 1. The molecule has 0 aliphatic carbocycles. The average molecular weight is 439 g/mol. The van der Waals surface area contributed by atoms with Gasteiger partial charge in [0, 0.05) is 22.6 Å². The molecule has 2 aromatic rings. The Morgan fingerprint density at radius 1 is 1.07 bits per heavy atom. The van der Waals surface area contributed by atoms with Crippen LogP contribution in [0, 0.1) is 0 Å². The molecule has 2 rings (SSSR count). The van der Waals surface area contributed by atoms with Gasteiger partial charge in [-0.25, -0.2) is 0 Å². The molecule has 0 fully saturated rings. The number of halogens is 1. The van der Waals surface area contributed by atoms with Crippen LogP contribution in [0.25, 0.3) is 0 Å². The van der Waals surface area contributed by atoms with Crippen molar-refractivity contribution in [3.8, 4) is 5.75 Å². The predicted molar refractivity (Wildman–Crippen MR) is 116 cm³/mol. The number of hydrogen-bond donors (Lipinski definition) is 2. The maximum atomic E-state index is 13.3. The standard InChI is InChI=1S/C20H24ClN2O5P/c1-4-27-29(25,28-5-2)19(14-22-17-8-6-7-15(21)13-17)20(24)23-16-9-11-18(26-3)12-10-16/h6-14,22H,4-5H2,1-3H3,(H,23,24)/b19-14+. The Labute approximate surface area is 175 Å². The van der Waals surface area contributed by atoms with Gasteiger partial charge in [0.05, 0.1) is 20.3 Å². The molecule has 0 unspecified atom stereocenters. The van der Waals surface area contributed by atoms with Crippen molar-refractivity contribution in [1.29, 1.82) is 0 Å². The highest BCUT2D eigenvalue weighted by Crippen LogP contribution is 2.56. The number of benzene rings is 2. The fraction of sp³-hybridized carbons (Fsp3) is 0.250. The highest BCUT2D eigenvalue weighted by Gasteiger charge is 2.35. The zero-order valence-electron chi connectivity index (χ0n) is 16.5. The molecule has 0 atom stereocenters. The summed E-state index contributed by atoms with van der Waals surface area (Å²) < 4.78 is 29.1. The van der Waals surface area contributed by atoms with Crippen molar-refractivity contribution in [2.45, 2.75) is 13.8 Å². The number of carbonyl (C=O) groups is 1. The van der Waals surface area contributed by atoms with Gasteiger partial charge in [-0.3, -0.25) is 9.36 Å². The number of anilines is 2. The van der Waals surface area contributed by atoms with E-state index in [9.17, 15) is 9.36 Å². The molecule has 0 saturated heterocycles. The summed E-state index contributed by atoms with van der Waals surface area (Å²) in [6, 6.07) is 13.6. The first-order chi connectivity index (χ1) is 13.9. The Morgan fingerprint density at radius 2 is 1.72 bits per heavy atom. The smallest absolute Gasteiger partial charge is 0.368 e. The number of methoxy groups -OCH3 is 1. The summed E-state index contributed by atoms with van der Waals surface area (Å²) >= 11 is 5.99. The summed E-state index contributed by atoms with van der Waals surface area (Å²) in [6.45, 7) is 3.58. The third kappa shape index (κ3) is 6.61. The Morgan fingerprint density at radius 3 is 2.28 bits per heavy atom. The summed E-state index contributed by atoms with van der Waals surface area (Å²) in [4.78, 5) is 12.9. The maximum absolute atomic E-state index is 13.3. The first kappa shape index (κ1) is 23.0. The van der Waals surface area contributed by atoms with Crippen LogP contribution >= 0.6 is 19.2 Å². The molecule has 156 valence electrons. The minimum absolute atomic E-state index is 0.113. The summed E-state index contributed by atoms with van der Waals surface area (Å²) in [5, 5.41) is 6.00. The molecule has 29 heavy (non-hydrogen) atoms. The SMILES string of the molecule is CCOP(=O)(OCC)/C(=C/Nc1cccc(Cl)c1)C(=O)Nc1ccc(OC)cc1. The molecule has 0 radical (unpaired) electrons. The van der Waals surface area contributed by atoms with Crippen LogP contribution in [0.1, 0.15) is 13.8 Å². The van der Waals surface area contributed by atoms with E-state index < -0.39 is 13.5 Å². The van der Waals surface area contributed by atoms with Gasteiger partial charge in [-0.05, 0) is 56.3 Å². The lowest BCUT2D eigenvalue weighted by molar-refractivity contribution is -0.112. The topological polar surface area (TPSA) is 85.9 Å². The first-order valence-electron chi connectivity index (χ1n) is 8.99. The fourth-order valence-electron chi connectivity index (χ4n) is 2.38. The average Bonchev–Trinajstić information content (AvgIpc) is 2.69. The molecule has 7 nitrogen and oxygen atoms in total. The van der Waals surface area contributed by atoms with Crippen molar-refractivity contribution in [3.05, 3.63) is 65.1 Å². The van der Waals surface area contributed by atoms with Crippen LogP contribution in [-0.2, 0) is 18.4 Å². The van der Waals surface area contributed by atoms with Gasteiger partial charge in [0.1, 0.15) is 11.1 Å². The molecular formula is C20H24ClN2O5P. The van der Waals surface area contributed by atoms with E-state index in [2.05, 4.69) is 10.6 Å². The van der Waals surface area contributed by atoms with Gasteiger partial charge in [-0.15, -0.1) is 0 Å². The lowest BCUT2D eigenvalue weighted by Crippen LogP contribution is -2.18. The van der Waals surface area contributed by atoms with Crippen molar-refractivity contribution < 1.29 is 23.1 Å². The predicted octanol–water partition coefficient (Wildman–Crippen LogP) is 5.51. The van der Waals surface area contributed by atoms with Crippen LogP contribution < -0.4 is 15.4 Å². The van der Waals surface area contributed by atoms with Crippen molar-refractivity contribution in [2.24, 2.45) is 0 Å². The largest absolute Gasteiger partial charge is 0.497 e. The van der Waals surface area contributed by atoms with E-state index in [1.807, 2.05) is 0 Å². The van der Waals surface area contributed by atoms with E-state index in [1.165, 1.54) is 6.20 Å². The maximum Gasteiger partial charge on any atom is 0.368 e. The molecule has 2 N–H and O–H groups in total. The molecule has 2 aromatic carbocycles. The number of nitrogens with one attached hydrogen (secondary N) is 2. The second-order valence-electron chi connectivity index (χ2n) is 5.70. The zero-order chi connectivity index (χ0) is 21.3.